The van der Waals surface area contributed by atoms with Crippen LogP contribution < -0.4 is 0 Å². The molecule has 0 aromatic rings. The lowest BCUT2D eigenvalue weighted by Gasteiger charge is -2.36. The Labute approximate surface area is 126 Å². The number of rotatable bonds is 9. The molecule has 1 rings (SSSR count). The number of methoxy groups -OCH3 is 1. The Morgan fingerprint density at radius 2 is 1.95 bits per heavy atom. The predicted octanol–water partition coefficient (Wildman–Crippen LogP) is 4.77. The van der Waals surface area contributed by atoms with Crippen molar-refractivity contribution in [3.05, 3.63) is 0 Å². The molecule has 0 N–H and O–H groups in total. The van der Waals surface area contributed by atoms with Crippen LogP contribution in [0.15, 0.2) is 0 Å². The minimum atomic E-state index is 0.671. The Hall–Kier alpha value is -0.0800. The van der Waals surface area contributed by atoms with Gasteiger partial charge in [-0.2, -0.15) is 0 Å². The maximum Gasteiger partial charge on any atom is 0.0500 e. The second-order valence-electron chi connectivity index (χ2n) is 7.39. The summed E-state index contributed by atoms with van der Waals surface area (Å²) in [6, 6.07) is 0. The Bertz CT molecular complexity index is 240. The first-order chi connectivity index (χ1) is 9.54. The van der Waals surface area contributed by atoms with Crippen molar-refractivity contribution < 1.29 is 9.47 Å². The van der Waals surface area contributed by atoms with Crippen molar-refractivity contribution in [1.82, 2.24) is 0 Å². The highest BCUT2D eigenvalue weighted by Crippen LogP contribution is 2.33. The minimum Gasteiger partial charge on any atom is -0.384 e. The van der Waals surface area contributed by atoms with Crippen molar-refractivity contribution in [1.29, 1.82) is 0 Å². The van der Waals surface area contributed by atoms with E-state index in [1.807, 2.05) is 7.11 Å². The molecule has 1 aliphatic heterocycles. The van der Waals surface area contributed by atoms with Gasteiger partial charge in [-0.05, 0) is 42.4 Å². The van der Waals surface area contributed by atoms with E-state index in [1.165, 1.54) is 32.1 Å². The molecular formula is C18H36O2. The second kappa shape index (κ2) is 9.78. The van der Waals surface area contributed by atoms with E-state index in [1.54, 1.807) is 0 Å². The normalized spacial score (nSPS) is 26.7. The zero-order valence-electron chi connectivity index (χ0n) is 14.4. The van der Waals surface area contributed by atoms with Crippen molar-refractivity contribution >= 4 is 0 Å². The highest BCUT2D eigenvalue weighted by molar-refractivity contribution is 4.79. The van der Waals surface area contributed by atoms with Crippen LogP contribution in [0.3, 0.4) is 0 Å². The lowest BCUT2D eigenvalue weighted by molar-refractivity contribution is -0.0268. The van der Waals surface area contributed by atoms with Crippen LogP contribution in [-0.4, -0.2) is 26.9 Å². The first-order valence-electron chi connectivity index (χ1n) is 8.61. The van der Waals surface area contributed by atoms with Crippen molar-refractivity contribution in [2.45, 2.75) is 59.8 Å². The van der Waals surface area contributed by atoms with Gasteiger partial charge in [0.15, 0.2) is 0 Å². The summed E-state index contributed by atoms with van der Waals surface area (Å²) >= 11 is 0. The topological polar surface area (TPSA) is 18.5 Å². The molecule has 0 saturated carbocycles. The fourth-order valence-corrected chi connectivity index (χ4v) is 3.56. The zero-order valence-corrected chi connectivity index (χ0v) is 14.4. The quantitative estimate of drug-likeness (QED) is 0.607. The van der Waals surface area contributed by atoms with Gasteiger partial charge >= 0.3 is 0 Å². The lowest BCUT2D eigenvalue weighted by atomic mass is 9.76. The van der Waals surface area contributed by atoms with Crippen LogP contribution in [0.4, 0.5) is 0 Å². The molecule has 2 nitrogen and oxygen atoms in total. The standard InChI is InChI=1S/C18H36O2/c1-14(2)7-6-8-15(3)11-17(12-19-5)18-13-20-10-9-16(18)4/h14-18H,6-13H2,1-5H3. The summed E-state index contributed by atoms with van der Waals surface area (Å²) in [5.41, 5.74) is 0. The average Bonchev–Trinajstić information content (AvgIpc) is 2.38. The van der Waals surface area contributed by atoms with Crippen LogP contribution in [-0.2, 0) is 9.47 Å². The van der Waals surface area contributed by atoms with Crippen LogP contribution in [0.5, 0.6) is 0 Å². The molecule has 0 aromatic carbocycles. The number of hydrogen-bond acceptors (Lipinski definition) is 2. The maximum absolute atomic E-state index is 5.72. The minimum absolute atomic E-state index is 0.671. The lowest BCUT2D eigenvalue weighted by Crippen LogP contribution is -2.34. The molecule has 0 bridgehead atoms. The van der Waals surface area contributed by atoms with E-state index >= 15 is 0 Å². The van der Waals surface area contributed by atoms with Crippen LogP contribution in [0.25, 0.3) is 0 Å². The van der Waals surface area contributed by atoms with E-state index in [2.05, 4.69) is 27.7 Å². The highest BCUT2D eigenvalue weighted by atomic mass is 16.5. The molecule has 20 heavy (non-hydrogen) atoms. The van der Waals surface area contributed by atoms with Crippen LogP contribution >= 0.6 is 0 Å². The zero-order chi connectivity index (χ0) is 15.0. The largest absolute Gasteiger partial charge is 0.384 e. The Morgan fingerprint density at radius 1 is 1.20 bits per heavy atom. The van der Waals surface area contributed by atoms with Gasteiger partial charge in [0.25, 0.3) is 0 Å². The summed E-state index contributed by atoms with van der Waals surface area (Å²) in [5.74, 6) is 3.79. The summed E-state index contributed by atoms with van der Waals surface area (Å²) in [7, 11) is 1.84. The fourth-order valence-electron chi connectivity index (χ4n) is 3.56. The van der Waals surface area contributed by atoms with Crippen LogP contribution in [0.1, 0.15) is 59.8 Å². The molecule has 0 aromatic heterocycles. The van der Waals surface area contributed by atoms with Crippen molar-refractivity contribution in [3.63, 3.8) is 0 Å². The smallest absolute Gasteiger partial charge is 0.0500 e. The molecule has 0 amide bonds. The van der Waals surface area contributed by atoms with Gasteiger partial charge in [-0.15, -0.1) is 0 Å². The van der Waals surface area contributed by atoms with Gasteiger partial charge in [0.1, 0.15) is 0 Å². The summed E-state index contributed by atoms with van der Waals surface area (Å²) in [5, 5.41) is 0. The molecule has 4 atom stereocenters. The van der Waals surface area contributed by atoms with E-state index in [0.29, 0.717) is 11.8 Å². The number of hydrogen-bond donors (Lipinski definition) is 0. The van der Waals surface area contributed by atoms with Gasteiger partial charge in [0.2, 0.25) is 0 Å². The highest BCUT2D eigenvalue weighted by Gasteiger charge is 2.30. The van der Waals surface area contributed by atoms with Crippen molar-refractivity contribution in [3.8, 4) is 0 Å². The van der Waals surface area contributed by atoms with E-state index in [0.717, 1.165) is 37.6 Å². The summed E-state index contributed by atoms with van der Waals surface area (Å²) in [6.45, 7) is 12.2. The predicted molar refractivity (Wildman–Crippen MR) is 85.9 cm³/mol. The molecule has 4 unspecified atom stereocenters. The Kier molecular flexibility index (Phi) is 8.79. The number of ether oxygens (including phenoxy) is 2. The molecule has 2 heteroatoms. The van der Waals surface area contributed by atoms with Crippen LogP contribution in [0, 0.1) is 29.6 Å². The molecule has 1 heterocycles. The summed E-state index contributed by atoms with van der Waals surface area (Å²) in [4.78, 5) is 0. The van der Waals surface area contributed by atoms with Crippen molar-refractivity contribution in [2.75, 3.05) is 26.9 Å². The van der Waals surface area contributed by atoms with Gasteiger partial charge in [-0.1, -0.05) is 47.0 Å². The molecule has 1 saturated heterocycles. The second-order valence-corrected chi connectivity index (χ2v) is 7.39. The van der Waals surface area contributed by atoms with Crippen LogP contribution in [0.2, 0.25) is 0 Å². The van der Waals surface area contributed by atoms with Gasteiger partial charge in [-0.25, -0.2) is 0 Å². The molecule has 1 aliphatic rings. The molecule has 0 spiro atoms. The molecule has 0 radical (unpaired) electrons. The van der Waals surface area contributed by atoms with E-state index < -0.39 is 0 Å². The SMILES string of the molecule is COCC(CC(C)CCCC(C)C)C1COCCC1C. The first kappa shape index (κ1) is 18.0. The third kappa shape index (κ3) is 6.58. The Balaban J connectivity index is 2.40. The summed E-state index contributed by atoms with van der Waals surface area (Å²) < 4.78 is 11.2. The fraction of sp³-hybridized carbons (Fsp3) is 1.00. The molecule has 1 fully saturated rings. The molecule has 120 valence electrons. The van der Waals surface area contributed by atoms with E-state index in [-0.39, 0.29) is 0 Å². The van der Waals surface area contributed by atoms with Gasteiger partial charge in [-0.3, -0.25) is 0 Å². The summed E-state index contributed by atoms with van der Waals surface area (Å²) in [6.07, 6.45) is 6.61. The maximum atomic E-state index is 5.72. The van der Waals surface area contributed by atoms with E-state index in [9.17, 15) is 0 Å². The van der Waals surface area contributed by atoms with Gasteiger partial charge in [0.05, 0.1) is 0 Å². The molecular weight excluding hydrogens is 248 g/mol. The Morgan fingerprint density at radius 3 is 2.55 bits per heavy atom. The van der Waals surface area contributed by atoms with Gasteiger partial charge in [0, 0.05) is 26.9 Å². The van der Waals surface area contributed by atoms with E-state index in [4.69, 9.17) is 9.47 Å². The third-order valence-corrected chi connectivity index (χ3v) is 4.93. The third-order valence-electron chi connectivity index (χ3n) is 4.93. The monoisotopic (exact) mass is 284 g/mol. The van der Waals surface area contributed by atoms with Crippen molar-refractivity contribution in [2.24, 2.45) is 29.6 Å². The average molecular weight is 284 g/mol. The first-order valence-corrected chi connectivity index (χ1v) is 8.61. The van der Waals surface area contributed by atoms with Gasteiger partial charge < -0.3 is 9.47 Å². The molecule has 0 aliphatic carbocycles.